The van der Waals surface area contributed by atoms with E-state index in [4.69, 9.17) is 4.74 Å². The van der Waals surface area contributed by atoms with Crippen LogP contribution in [0.3, 0.4) is 0 Å². The van der Waals surface area contributed by atoms with Crippen LogP contribution in [-0.4, -0.2) is 53.7 Å². The molecule has 0 aromatic heterocycles. The van der Waals surface area contributed by atoms with Gasteiger partial charge in [-0.05, 0) is 20.8 Å². The molecule has 1 fully saturated rings. The van der Waals surface area contributed by atoms with Crippen molar-refractivity contribution in [3.63, 3.8) is 0 Å². The lowest BCUT2D eigenvalue weighted by Gasteiger charge is -2.52. The van der Waals surface area contributed by atoms with Crippen molar-refractivity contribution in [1.29, 1.82) is 0 Å². The average Bonchev–Trinajstić information content (AvgIpc) is 2.01. The van der Waals surface area contributed by atoms with Gasteiger partial charge in [0.1, 0.15) is 0 Å². The summed E-state index contributed by atoms with van der Waals surface area (Å²) in [6.07, 6.45) is 0. The summed E-state index contributed by atoms with van der Waals surface area (Å²) < 4.78 is 5.90. The van der Waals surface area contributed by atoms with Crippen LogP contribution in [-0.2, 0) is 4.74 Å². The van der Waals surface area contributed by atoms with E-state index in [1.807, 2.05) is 6.92 Å². The van der Waals surface area contributed by atoms with Crippen molar-refractivity contribution in [2.45, 2.75) is 30.7 Å². The molecule has 3 nitrogen and oxygen atoms in total. The summed E-state index contributed by atoms with van der Waals surface area (Å²) in [6, 6.07) is 0. The van der Waals surface area contributed by atoms with E-state index in [0.717, 1.165) is 19.7 Å². The van der Waals surface area contributed by atoms with Crippen molar-refractivity contribution in [2.24, 2.45) is 0 Å². The van der Waals surface area contributed by atoms with Crippen molar-refractivity contribution in [2.75, 3.05) is 33.8 Å². The molecule has 2 atom stereocenters. The second kappa shape index (κ2) is 4.08. The first-order chi connectivity index (χ1) is 6.32. The number of hydrazine groups is 1. The maximum Gasteiger partial charge on any atom is 0.0957 e. The molecule has 1 aliphatic heterocycles. The quantitative estimate of drug-likeness (QED) is 0.707. The number of hydrogen-bond acceptors (Lipinski definition) is 3. The number of likely N-dealkylation sites (N-methyl/N-ethyl adjacent to an activating group) is 1. The molecule has 0 aromatic carbocycles. The molecule has 0 aromatic rings. The van der Waals surface area contributed by atoms with E-state index in [9.17, 15) is 0 Å². The molecule has 1 aliphatic rings. The number of nitrogens with zero attached hydrogens (tertiary/aromatic N) is 2. The highest BCUT2D eigenvalue weighted by atomic mass is 79.9. The zero-order valence-corrected chi connectivity index (χ0v) is 11.4. The van der Waals surface area contributed by atoms with Crippen LogP contribution in [0.2, 0.25) is 0 Å². The molecular weight excluding hydrogens is 244 g/mol. The Balaban J connectivity index is 2.83. The van der Waals surface area contributed by atoms with Gasteiger partial charge >= 0.3 is 0 Å². The third kappa shape index (κ3) is 2.13. The first-order valence-corrected chi connectivity index (χ1v) is 5.87. The van der Waals surface area contributed by atoms with Gasteiger partial charge in [0, 0.05) is 33.8 Å². The molecule has 0 spiro atoms. The Hall–Kier alpha value is 0.360. The largest absolute Gasteiger partial charge is 0.373 e. The zero-order chi connectivity index (χ0) is 11.0. The molecule has 1 heterocycles. The molecule has 1 saturated heterocycles. The van der Waals surface area contributed by atoms with Crippen LogP contribution in [0.15, 0.2) is 0 Å². The SMILES string of the molecule is CCO[C@@]1(C)CN(C)N(C)C[C@]1(C)Br. The molecular formula is C10H21BrN2O. The summed E-state index contributed by atoms with van der Waals surface area (Å²) in [5.41, 5.74) is -0.122. The molecule has 0 N–H and O–H groups in total. The Kier molecular flexibility index (Phi) is 3.62. The maximum absolute atomic E-state index is 5.89. The zero-order valence-electron chi connectivity index (χ0n) is 9.80. The predicted molar refractivity (Wildman–Crippen MR) is 62.6 cm³/mol. The Morgan fingerprint density at radius 3 is 2.21 bits per heavy atom. The van der Waals surface area contributed by atoms with E-state index >= 15 is 0 Å². The Labute approximate surface area is 95.5 Å². The van der Waals surface area contributed by atoms with Gasteiger partial charge in [0.25, 0.3) is 0 Å². The highest BCUT2D eigenvalue weighted by molar-refractivity contribution is 9.10. The fourth-order valence-electron chi connectivity index (χ4n) is 1.95. The number of rotatable bonds is 2. The van der Waals surface area contributed by atoms with Crippen molar-refractivity contribution in [1.82, 2.24) is 10.0 Å². The topological polar surface area (TPSA) is 15.7 Å². The lowest BCUT2D eigenvalue weighted by molar-refractivity contribution is -0.150. The fraction of sp³-hybridized carbons (Fsp3) is 1.00. The molecule has 1 rings (SSSR count). The van der Waals surface area contributed by atoms with Gasteiger partial charge in [-0.1, -0.05) is 15.9 Å². The van der Waals surface area contributed by atoms with Crippen LogP contribution in [0.1, 0.15) is 20.8 Å². The van der Waals surface area contributed by atoms with Crippen molar-refractivity contribution in [3.8, 4) is 0 Å². The monoisotopic (exact) mass is 264 g/mol. The summed E-state index contributed by atoms with van der Waals surface area (Å²) in [4.78, 5) is 0. The van der Waals surface area contributed by atoms with Crippen molar-refractivity contribution >= 4 is 15.9 Å². The smallest absolute Gasteiger partial charge is 0.0957 e. The van der Waals surface area contributed by atoms with Gasteiger partial charge in [-0.3, -0.25) is 0 Å². The van der Waals surface area contributed by atoms with Gasteiger partial charge in [-0.2, -0.15) is 0 Å². The minimum absolute atomic E-state index is 0.0112. The third-order valence-corrected chi connectivity index (χ3v) is 4.29. The fourth-order valence-corrected chi connectivity index (χ4v) is 2.56. The molecule has 0 saturated carbocycles. The molecule has 84 valence electrons. The summed E-state index contributed by atoms with van der Waals surface area (Å²) in [5, 5.41) is 4.42. The second-order valence-electron chi connectivity index (χ2n) is 4.49. The molecule has 14 heavy (non-hydrogen) atoms. The molecule has 4 heteroatoms. The van der Waals surface area contributed by atoms with E-state index in [-0.39, 0.29) is 9.93 Å². The van der Waals surface area contributed by atoms with Gasteiger partial charge < -0.3 is 4.74 Å². The normalized spacial score (nSPS) is 41.6. The van der Waals surface area contributed by atoms with E-state index < -0.39 is 0 Å². The van der Waals surface area contributed by atoms with E-state index in [0.29, 0.717) is 0 Å². The summed E-state index contributed by atoms with van der Waals surface area (Å²) >= 11 is 3.79. The van der Waals surface area contributed by atoms with E-state index in [1.54, 1.807) is 0 Å². The lowest BCUT2D eigenvalue weighted by atomic mass is 9.88. The summed E-state index contributed by atoms with van der Waals surface area (Å²) in [6.45, 7) is 9.06. The molecule has 0 bridgehead atoms. The lowest BCUT2D eigenvalue weighted by Crippen LogP contribution is -2.66. The van der Waals surface area contributed by atoms with Crippen LogP contribution in [0.4, 0.5) is 0 Å². The minimum atomic E-state index is -0.122. The molecule has 0 radical (unpaired) electrons. The Bertz CT molecular complexity index is 210. The summed E-state index contributed by atoms with van der Waals surface area (Å²) in [5.74, 6) is 0. The third-order valence-electron chi connectivity index (χ3n) is 3.20. The van der Waals surface area contributed by atoms with Gasteiger partial charge in [0.05, 0.1) is 9.93 Å². The molecule has 0 aliphatic carbocycles. The Morgan fingerprint density at radius 2 is 1.71 bits per heavy atom. The molecule has 0 unspecified atom stereocenters. The minimum Gasteiger partial charge on any atom is -0.373 e. The van der Waals surface area contributed by atoms with Crippen LogP contribution in [0.5, 0.6) is 0 Å². The van der Waals surface area contributed by atoms with E-state index in [2.05, 4.69) is 53.9 Å². The highest BCUT2D eigenvalue weighted by Gasteiger charge is 2.49. The first kappa shape index (κ1) is 12.4. The van der Waals surface area contributed by atoms with Gasteiger partial charge in [-0.15, -0.1) is 0 Å². The number of hydrogen-bond donors (Lipinski definition) is 0. The first-order valence-electron chi connectivity index (χ1n) is 5.07. The van der Waals surface area contributed by atoms with E-state index in [1.165, 1.54) is 0 Å². The average molecular weight is 265 g/mol. The summed E-state index contributed by atoms with van der Waals surface area (Å²) in [7, 11) is 4.20. The van der Waals surface area contributed by atoms with Crippen LogP contribution in [0.25, 0.3) is 0 Å². The van der Waals surface area contributed by atoms with Crippen LogP contribution < -0.4 is 0 Å². The predicted octanol–water partition coefficient (Wildman–Crippen LogP) is 1.73. The van der Waals surface area contributed by atoms with Crippen molar-refractivity contribution < 1.29 is 4.74 Å². The van der Waals surface area contributed by atoms with Gasteiger partial charge in [-0.25, -0.2) is 10.0 Å². The Morgan fingerprint density at radius 1 is 1.21 bits per heavy atom. The van der Waals surface area contributed by atoms with Crippen LogP contribution >= 0.6 is 15.9 Å². The molecule has 0 amide bonds. The highest BCUT2D eigenvalue weighted by Crippen LogP contribution is 2.38. The van der Waals surface area contributed by atoms with Gasteiger partial charge in [0.2, 0.25) is 0 Å². The second-order valence-corrected chi connectivity index (χ2v) is 6.24. The van der Waals surface area contributed by atoms with Gasteiger partial charge in [0.15, 0.2) is 0 Å². The number of alkyl halides is 1. The number of halogens is 1. The number of ether oxygens (including phenoxy) is 1. The standard InChI is InChI=1S/C10H21BrN2O/c1-6-14-10(3)8-13(5)12(4)7-9(10,2)11/h6-8H2,1-5H3/t9-,10-/m0/s1. The van der Waals surface area contributed by atoms with Crippen molar-refractivity contribution in [3.05, 3.63) is 0 Å². The van der Waals surface area contributed by atoms with Crippen LogP contribution in [0, 0.1) is 0 Å². The maximum atomic E-state index is 5.89.